The molecule has 2 aromatic carbocycles. The summed E-state index contributed by atoms with van der Waals surface area (Å²) in [5, 5.41) is 8.39. The average molecular weight is 267 g/mol. The van der Waals surface area contributed by atoms with Crippen molar-refractivity contribution < 1.29 is 0 Å². The van der Waals surface area contributed by atoms with Gasteiger partial charge in [0.2, 0.25) is 0 Å². The molecule has 0 aliphatic rings. The molecule has 0 aliphatic heterocycles. The van der Waals surface area contributed by atoms with Crippen LogP contribution in [0.15, 0.2) is 60.0 Å². The van der Waals surface area contributed by atoms with Gasteiger partial charge in [-0.2, -0.15) is 0 Å². The molecule has 96 valence electrons. The Kier molecular flexibility index (Phi) is 3.62. The number of hydrogen-bond acceptors (Lipinski definition) is 2. The molecule has 0 radical (unpaired) electrons. The van der Waals surface area contributed by atoms with E-state index in [4.69, 9.17) is 0 Å². The lowest BCUT2D eigenvalue weighted by Crippen LogP contribution is -2.17. The average Bonchev–Trinajstić information content (AvgIpc) is 2.99. The number of rotatable bonds is 4. The summed E-state index contributed by atoms with van der Waals surface area (Å²) in [6.45, 7) is 3.12. The van der Waals surface area contributed by atoms with E-state index < -0.39 is 0 Å². The second-order valence-electron chi connectivity index (χ2n) is 4.76. The van der Waals surface area contributed by atoms with Crippen LogP contribution < -0.4 is 5.32 Å². The first kappa shape index (κ1) is 12.4. The van der Waals surface area contributed by atoms with E-state index in [0.717, 1.165) is 6.54 Å². The molecular weight excluding hydrogens is 250 g/mol. The first-order chi connectivity index (χ1) is 9.34. The second kappa shape index (κ2) is 5.55. The minimum Gasteiger partial charge on any atom is -0.305 e. The summed E-state index contributed by atoms with van der Waals surface area (Å²) in [5.74, 6) is 0. The highest BCUT2D eigenvalue weighted by Crippen LogP contribution is 2.21. The largest absolute Gasteiger partial charge is 0.305 e. The van der Waals surface area contributed by atoms with E-state index in [1.807, 2.05) is 11.3 Å². The molecule has 0 amide bonds. The predicted octanol–water partition coefficient (Wildman–Crippen LogP) is 4.75. The van der Waals surface area contributed by atoms with Crippen LogP contribution in [-0.2, 0) is 6.54 Å². The van der Waals surface area contributed by atoms with E-state index in [0.29, 0.717) is 6.04 Å². The van der Waals surface area contributed by atoms with Gasteiger partial charge in [-0.3, -0.25) is 0 Å². The fraction of sp³-hybridized carbons (Fsp3) is 0.176. The molecule has 0 saturated heterocycles. The van der Waals surface area contributed by atoms with E-state index in [9.17, 15) is 0 Å². The maximum Gasteiger partial charge on any atom is 0.0388 e. The van der Waals surface area contributed by atoms with Crippen molar-refractivity contribution in [2.75, 3.05) is 0 Å². The third kappa shape index (κ3) is 2.70. The quantitative estimate of drug-likeness (QED) is 0.719. The number of benzene rings is 2. The van der Waals surface area contributed by atoms with Crippen molar-refractivity contribution in [1.29, 1.82) is 0 Å². The highest BCUT2D eigenvalue weighted by atomic mass is 32.1. The lowest BCUT2D eigenvalue weighted by Gasteiger charge is -2.13. The van der Waals surface area contributed by atoms with Crippen molar-refractivity contribution in [2.45, 2.75) is 19.5 Å². The zero-order chi connectivity index (χ0) is 13.1. The van der Waals surface area contributed by atoms with Crippen molar-refractivity contribution >= 4 is 22.1 Å². The van der Waals surface area contributed by atoms with Gasteiger partial charge in [0.1, 0.15) is 0 Å². The Labute approximate surface area is 117 Å². The van der Waals surface area contributed by atoms with Gasteiger partial charge in [-0.25, -0.2) is 0 Å². The number of hydrogen-bond donors (Lipinski definition) is 1. The Morgan fingerprint density at radius 2 is 1.84 bits per heavy atom. The molecule has 19 heavy (non-hydrogen) atoms. The molecular formula is C17H17NS. The molecule has 0 spiro atoms. The monoisotopic (exact) mass is 267 g/mol. The fourth-order valence-electron chi connectivity index (χ4n) is 2.35. The van der Waals surface area contributed by atoms with Crippen LogP contribution in [0, 0.1) is 0 Å². The van der Waals surface area contributed by atoms with Crippen molar-refractivity contribution in [2.24, 2.45) is 0 Å². The van der Waals surface area contributed by atoms with Crippen molar-refractivity contribution in [3.63, 3.8) is 0 Å². The zero-order valence-electron chi connectivity index (χ0n) is 11.0. The third-order valence-electron chi connectivity index (χ3n) is 3.45. The van der Waals surface area contributed by atoms with E-state index >= 15 is 0 Å². The summed E-state index contributed by atoms with van der Waals surface area (Å²) < 4.78 is 0. The summed E-state index contributed by atoms with van der Waals surface area (Å²) in [7, 11) is 0. The number of thiophene rings is 1. The zero-order valence-corrected chi connectivity index (χ0v) is 11.8. The highest BCUT2D eigenvalue weighted by molar-refractivity contribution is 7.10. The Bertz CT molecular complexity index is 653. The third-order valence-corrected chi connectivity index (χ3v) is 4.50. The Morgan fingerprint density at radius 1 is 1.00 bits per heavy atom. The van der Waals surface area contributed by atoms with Crippen molar-refractivity contribution in [3.8, 4) is 0 Å². The molecule has 0 fully saturated rings. The smallest absolute Gasteiger partial charge is 0.0388 e. The Morgan fingerprint density at radius 3 is 2.68 bits per heavy atom. The molecule has 1 atom stereocenters. The summed E-state index contributed by atoms with van der Waals surface area (Å²) in [6.07, 6.45) is 0. The van der Waals surface area contributed by atoms with Crippen LogP contribution in [0.3, 0.4) is 0 Å². The highest BCUT2D eigenvalue weighted by Gasteiger charge is 2.06. The van der Waals surface area contributed by atoms with E-state index in [2.05, 4.69) is 72.2 Å². The molecule has 0 bridgehead atoms. The molecule has 1 heterocycles. The van der Waals surface area contributed by atoms with Crippen LogP contribution in [-0.4, -0.2) is 0 Å². The molecule has 3 aromatic rings. The summed E-state index contributed by atoms with van der Waals surface area (Å²) in [4.78, 5) is 1.39. The maximum atomic E-state index is 3.60. The Balaban J connectivity index is 1.79. The van der Waals surface area contributed by atoms with Crippen LogP contribution in [0.25, 0.3) is 10.8 Å². The SMILES string of the molecule is C[C@@H](NCc1cccc2ccccc12)c1cccs1. The van der Waals surface area contributed by atoms with E-state index in [1.54, 1.807) is 0 Å². The van der Waals surface area contributed by atoms with E-state index in [-0.39, 0.29) is 0 Å². The maximum absolute atomic E-state index is 3.60. The van der Waals surface area contributed by atoms with Gasteiger partial charge in [-0.05, 0) is 34.7 Å². The number of fused-ring (bicyclic) bond motifs is 1. The fourth-order valence-corrected chi connectivity index (χ4v) is 3.11. The predicted molar refractivity (Wildman–Crippen MR) is 83.5 cm³/mol. The van der Waals surface area contributed by atoms with Crippen molar-refractivity contribution in [3.05, 3.63) is 70.4 Å². The van der Waals surface area contributed by atoms with Gasteiger partial charge in [0.05, 0.1) is 0 Å². The molecule has 1 N–H and O–H groups in total. The lowest BCUT2D eigenvalue weighted by atomic mass is 10.0. The summed E-state index contributed by atoms with van der Waals surface area (Å²) in [6, 6.07) is 19.8. The van der Waals surface area contributed by atoms with Crippen molar-refractivity contribution in [1.82, 2.24) is 5.32 Å². The molecule has 1 nitrogen and oxygen atoms in total. The minimum atomic E-state index is 0.402. The van der Waals surface area contributed by atoms with Gasteiger partial charge in [-0.1, -0.05) is 48.5 Å². The van der Waals surface area contributed by atoms with Crippen LogP contribution in [0.4, 0.5) is 0 Å². The molecule has 2 heteroatoms. The molecule has 3 rings (SSSR count). The van der Waals surface area contributed by atoms with Crippen LogP contribution >= 0.6 is 11.3 Å². The van der Waals surface area contributed by atoms with Gasteiger partial charge in [0, 0.05) is 17.5 Å². The summed E-state index contributed by atoms with van der Waals surface area (Å²) in [5.41, 5.74) is 1.36. The van der Waals surface area contributed by atoms with Crippen LogP contribution in [0.5, 0.6) is 0 Å². The van der Waals surface area contributed by atoms with Crippen LogP contribution in [0.1, 0.15) is 23.4 Å². The van der Waals surface area contributed by atoms with Gasteiger partial charge in [0.15, 0.2) is 0 Å². The Hall–Kier alpha value is -1.64. The first-order valence-electron chi connectivity index (χ1n) is 6.58. The molecule has 0 unspecified atom stereocenters. The van der Waals surface area contributed by atoms with Crippen LogP contribution in [0.2, 0.25) is 0 Å². The number of nitrogens with one attached hydrogen (secondary N) is 1. The van der Waals surface area contributed by atoms with Gasteiger partial charge >= 0.3 is 0 Å². The first-order valence-corrected chi connectivity index (χ1v) is 7.46. The van der Waals surface area contributed by atoms with Gasteiger partial charge in [-0.15, -0.1) is 11.3 Å². The molecule has 0 saturated carbocycles. The normalized spacial score (nSPS) is 12.7. The standard InChI is InChI=1S/C17H17NS/c1-13(17-10-5-11-19-17)18-12-15-8-4-7-14-6-2-3-9-16(14)15/h2-11,13,18H,12H2,1H3/t13-/m1/s1. The molecule has 1 aromatic heterocycles. The second-order valence-corrected chi connectivity index (χ2v) is 5.74. The topological polar surface area (TPSA) is 12.0 Å². The molecule has 0 aliphatic carbocycles. The summed E-state index contributed by atoms with van der Waals surface area (Å²) >= 11 is 1.81. The van der Waals surface area contributed by atoms with Gasteiger partial charge in [0.25, 0.3) is 0 Å². The minimum absolute atomic E-state index is 0.402. The van der Waals surface area contributed by atoms with Gasteiger partial charge < -0.3 is 5.32 Å². The lowest BCUT2D eigenvalue weighted by molar-refractivity contribution is 0.585. The van der Waals surface area contributed by atoms with E-state index in [1.165, 1.54) is 21.2 Å².